The summed E-state index contributed by atoms with van der Waals surface area (Å²) in [5, 5.41) is 0. The van der Waals surface area contributed by atoms with E-state index in [1.807, 2.05) is 50.2 Å². The molecule has 0 radical (unpaired) electrons. The third kappa shape index (κ3) is 4.70. The summed E-state index contributed by atoms with van der Waals surface area (Å²) < 4.78 is 18.5. The number of hydrogen-bond acceptors (Lipinski definition) is 5. The highest BCUT2D eigenvalue weighted by Crippen LogP contribution is 2.35. The van der Waals surface area contributed by atoms with Gasteiger partial charge >= 0.3 is 5.97 Å². The molecule has 1 aliphatic heterocycles. The lowest BCUT2D eigenvalue weighted by atomic mass is 10.1. The minimum Gasteiger partial charge on any atom is -0.490 e. The molecule has 7 heteroatoms. The number of hydrogen-bond donors (Lipinski definition) is 0. The molecule has 2 aromatic carbocycles. The zero-order valence-corrected chi connectivity index (χ0v) is 18.5. The van der Waals surface area contributed by atoms with Crippen LogP contribution < -0.4 is 9.47 Å². The van der Waals surface area contributed by atoms with Crippen LogP contribution in [-0.2, 0) is 9.53 Å². The lowest BCUT2D eigenvalue weighted by Gasteiger charge is -2.13. The Bertz CT molecular complexity index is 940. The van der Waals surface area contributed by atoms with Crippen LogP contribution in [0.3, 0.4) is 0 Å². The first-order valence-electron chi connectivity index (χ1n) is 8.39. The van der Waals surface area contributed by atoms with Crippen molar-refractivity contribution in [1.82, 2.24) is 0 Å². The number of carbonyl (C=O) groups is 1. The fraction of sp³-hybridized carbons (Fsp3) is 0.200. The molecule has 0 N–H and O–H groups in total. The summed E-state index contributed by atoms with van der Waals surface area (Å²) in [5.41, 5.74) is 1.77. The van der Waals surface area contributed by atoms with E-state index in [0.29, 0.717) is 30.6 Å². The van der Waals surface area contributed by atoms with Crippen molar-refractivity contribution in [3.8, 4) is 11.5 Å². The van der Waals surface area contributed by atoms with Gasteiger partial charge in [0.05, 0.1) is 16.8 Å². The highest BCUT2D eigenvalue weighted by Gasteiger charge is 2.24. The molecule has 0 amide bonds. The van der Waals surface area contributed by atoms with Gasteiger partial charge in [0.15, 0.2) is 17.2 Å². The minimum absolute atomic E-state index is 0.243. The van der Waals surface area contributed by atoms with Crippen molar-refractivity contribution < 1.29 is 19.0 Å². The lowest BCUT2D eigenvalue weighted by Crippen LogP contribution is -2.05. The maximum Gasteiger partial charge on any atom is 0.363 e. The summed E-state index contributed by atoms with van der Waals surface area (Å²) in [7, 11) is 0. The molecule has 0 fully saturated rings. The molecule has 1 aliphatic rings. The second-order valence-electron chi connectivity index (χ2n) is 5.54. The maximum absolute atomic E-state index is 12.2. The normalized spacial score (nSPS) is 14.9. The van der Waals surface area contributed by atoms with Gasteiger partial charge in [-0.3, -0.25) is 0 Å². The van der Waals surface area contributed by atoms with E-state index in [9.17, 15) is 4.79 Å². The monoisotopic (exact) mass is 541 g/mol. The van der Waals surface area contributed by atoms with Crippen LogP contribution in [0.25, 0.3) is 6.08 Å². The molecule has 5 nitrogen and oxygen atoms in total. The molecular weight excluding hydrogens is 525 g/mol. The Morgan fingerprint density at radius 2 is 1.96 bits per heavy atom. The third-order valence-corrected chi connectivity index (χ3v) is 4.91. The Morgan fingerprint density at radius 1 is 1.19 bits per heavy atom. The van der Waals surface area contributed by atoms with Gasteiger partial charge in [0, 0.05) is 10.0 Å². The van der Waals surface area contributed by atoms with Crippen molar-refractivity contribution in [2.45, 2.75) is 13.8 Å². The van der Waals surface area contributed by atoms with E-state index in [4.69, 9.17) is 14.2 Å². The molecule has 3 rings (SSSR count). The minimum atomic E-state index is -0.480. The third-order valence-electron chi connectivity index (χ3n) is 3.62. The van der Waals surface area contributed by atoms with Gasteiger partial charge in [-0.1, -0.05) is 22.0 Å². The highest BCUT2D eigenvalue weighted by atomic mass is 127. The molecule has 0 saturated heterocycles. The van der Waals surface area contributed by atoms with Crippen LogP contribution in [0.4, 0.5) is 0 Å². The number of nitrogens with zero attached hydrogens (tertiary/aromatic N) is 1. The van der Waals surface area contributed by atoms with Crippen LogP contribution in [0.2, 0.25) is 0 Å². The second kappa shape index (κ2) is 8.88. The van der Waals surface area contributed by atoms with Crippen molar-refractivity contribution in [3.05, 3.63) is 61.3 Å². The second-order valence-corrected chi connectivity index (χ2v) is 7.62. The summed E-state index contributed by atoms with van der Waals surface area (Å²) in [6, 6.07) is 11.2. The van der Waals surface area contributed by atoms with E-state index in [2.05, 4.69) is 43.5 Å². The molecule has 0 aliphatic carbocycles. The van der Waals surface area contributed by atoms with Gasteiger partial charge in [0.2, 0.25) is 5.90 Å². The van der Waals surface area contributed by atoms with E-state index in [0.717, 1.165) is 19.2 Å². The number of halogens is 2. The highest BCUT2D eigenvalue weighted by molar-refractivity contribution is 14.1. The smallest absolute Gasteiger partial charge is 0.363 e. The van der Waals surface area contributed by atoms with Crippen LogP contribution in [0.5, 0.6) is 11.5 Å². The van der Waals surface area contributed by atoms with E-state index >= 15 is 0 Å². The predicted molar refractivity (Wildman–Crippen MR) is 116 cm³/mol. The maximum atomic E-state index is 12.2. The van der Waals surface area contributed by atoms with E-state index in [1.165, 1.54) is 0 Å². The van der Waals surface area contributed by atoms with Gasteiger partial charge in [0.1, 0.15) is 0 Å². The molecule has 27 heavy (non-hydrogen) atoms. The molecule has 0 aromatic heterocycles. The summed E-state index contributed by atoms with van der Waals surface area (Å²) in [6.07, 6.45) is 1.69. The van der Waals surface area contributed by atoms with Gasteiger partial charge in [-0.2, -0.15) is 0 Å². The predicted octanol–water partition coefficient (Wildman–Crippen LogP) is 5.20. The first-order valence-corrected chi connectivity index (χ1v) is 10.3. The van der Waals surface area contributed by atoms with Crippen LogP contribution in [0.1, 0.15) is 25.0 Å². The van der Waals surface area contributed by atoms with Crippen LogP contribution >= 0.6 is 38.5 Å². The standard InChI is InChI=1S/C20H17BrINO4/c1-3-25-17-10-12(8-15(22)18(17)26-4-2)9-16-20(24)27-19(23-16)13-6-5-7-14(21)11-13/h5-11H,3-4H2,1-2H3/b16-9-. The largest absolute Gasteiger partial charge is 0.490 e. The number of cyclic esters (lactones) is 1. The summed E-state index contributed by atoms with van der Waals surface area (Å²) >= 11 is 5.60. The summed E-state index contributed by atoms with van der Waals surface area (Å²) in [6.45, 7) is 4.90. The molecule has 0 saturated carbocycles. The van der Waals surface area contributed by atoms with Crippen LogP contribution in [-0.4, -0.2) is 25.1 Å². The first kappa shape index (κ1) is 19.9. The average Bonchev–Trinajstić information content (AvgIpc) is 2.99. The van der Waals surface area contributed by atoms with Gasteiger partial charge in [-0.15, -0.1) is 0 Å². The Kier molecular flexibility index (Phi) is 6.54. The summed E-state index contributed by atoms with van der Waals surface area (Å²) in [4.78, 5) is 16.6. The van der Waals surface area contributed by atoms with Crippen molar-refractivity contribution in [2.75, 3.05) is 13.2 Å². The fourth-order valence-corrected chi connectivity index (χ4v) is 3.71. The SMILES string of the molecule is CCOc1cc(/C=C2\N=C(c3cccc(Br)c3)OC2=O)cc(I)c1OCC. The fourth-order valence-electron chi connectivity index (χ4n) is 2.53. The topological polar surface area (TPSA) is 57.1 Å². The van der Waals surface area contributed by atoms with E-state index in [1.54, 1.807) is 6.08 Å². The summed E-state index contributed by atoms with van der Waals surface area (Å²) in [5.74, 6) is 1.15. The number of benzene rings is 2. The molecule has 140 valence electrons. The van der Waals surface area contributed by atoms with Crippen molar-refractivity contribution in [1.29, 1.82) is 0 Å². The Balaban J connectivity index is 1.97. The molecule has 0 atom stereocenters. The van der Waals surface area contributed by atoms with Crippen molar-refractivity contribution in [3.63, 3.8) is 0 Å². The number of aliphatic imine (C=N–C) groups is 1. The van der Waals surface area contributed by atoms with E-state index < -0.39 is 5.97 Å². The lowest BCUT2D eigenvalue weighted by molar-refractivity contribution is -0.129. The van der Waals surface area contributed by atoms with Crippen LogP contribution in [0.15, 0.2) is 51.6 Å². The number of carbonyl (C=O) groups excluding carboxylic acids is 1. The molecule has 0 spiro atoms. The van der Waals surface area contributed by atoms with E-state index in [-0.39, 0.29) is 5.70 Å². The van der Waals surface area contributed by atoms with Gasteiger partial charge < -0.3 is 14.2 Å². The Morgan fingerprint density at radius 3 is 2.67 bits per heavy atom. The number of ether oxygens (including phenoxy) is 3. The Labute approximate surface area is 179 Å². The van der Waals surface area contributed by atoms with Crippen molar-refractivity contribution >= 4 is 56.5 Å². The number of rotatable bonds is 6. The molecule has 1 heterocycles. The van der Waals surface area contributed by atoms with Gasteiger partial charge in [-0.25, -0.2) is 9.79 Å². The van der Waals surface area contributed by atoms with Crippen molar-refractivity contribution in [2.24, 2.45) is 4.99 Å². The molecule has 2 aromatic rings. The molecule has 0 bridgehead atoms. The van der Waals surface area contributed by atoms with Gasteiger partial charge in [0.25, 0.3) is 0 Å². The Hall–Kier alpha value is -1.87. The first-order chi connectivity index (χ1) is 13.0. The van der Waals surface area contributed by atoms with Gasteiger partial charge in [-0.05, 0) is 78.4 Å². The molecular formula is C20H17BrINO4. The zero-order chi connectivity index (χ0) is 19.4. The number of esters is 1. The molecule has 0 unspecified atom stereocenters. The zero-order valence-electron chi connectivity index (χ0n) is 14.8. The van der Waals surface area contributed by atoms with Crippen LogP contribution in [0, 0.1) is 3.57 Å². The quantitative estimate of drug-likeness (QED) is 0.287. The average molecular weight is 542 g/mol.